The second-order valence-corrected chi connectivity index (χ2v) is 5.34. The van der Waals surface area contributed by atoms with Gasteiger partial charge in [0.1, 0.15) is 11.6 Å². The minimum absolute atomic E-state index is 0.00526. The molecule has 3 rings (SSSR count). The van der Waals surface area contributed by atoms with Crippen molar-refractivity contribution < 1.29 is 9.18 Å². The fourth-order valence-corrected chi connectivity index (χ4v) is 2.42. The van der Waals surface area contributed by atoms with Crippen molar-refractivity contribution in [1.82, 2.24) is 19.7 Å². The van der Waals surface area contributed by atoms with Gasteiger partial charge >= 0.3 is 0 Å². The molecule has 122 valence electrons. The third kappa shape index (κ3) is 2.88. The molecule has 6 nitrogen and oxygen atoms in total. The number of aryl methyl sites for hydroxylation is 2. The summed E-state index contributed by atoms with van der Waals surface area (Å²) in [6, 6.07) is 9.64. The Morgan fingerprint density at radius 3 is 2.46 bits per heavy atom. The van der Waals surface area contributed by atoms with Gasteiger partial charge in [0, 0.05) is 18.8 Å². The molecule has 24 heavy (non-hydrogen) atoms. The van der Waals surface area contributed by atoms with Gasteiger partial charge in [0.05, 0.1) is 5.69 Å². The molecule has 2 heterocycles. The van der Waals surface area contributed by atoms with E-state index < -0.39 is 5.82 Å². The summed E-state index contributed by atoms with van der Waals surface area (Å²) in [5.41, 5.74) is 1.23. The SMILES string of the molecule is Cc1nc(C)n(-c2ccc(C(=O)N(C)c3ncccc3F)cc2)n1. The van der Waals surface area contributed by atoms with Crippen LogP contribution in [0.4, 0.5) is 10.2 Å². The van der Waals surface area contributed by atoms with E-state index in [0.717, 1.165) is 11.5 Å². The van der Waals surface area contributed by atoms with Gasteiger partial charge in [-0.15, -0.1) is 0 Å². The van der Waals surface area contributed by atoms with Gasteiger partial charge in [0.25, 0.3) is 5.91 Å². The van der Waals surface area contributed by atoms with Gasteiger partial charge in [-0.3, -0.25) is 9.69 Å². The summed E-state index contributed by atoms with van der Waals surface area (Å²) >= 11 is 0. The number of pyridine rings is 1. The summed E-state index contributed by atoms with van der Waals surface area (Å²) in [6.45, 7) is 3.68. The number of carbonyl (C=O) groups excluding carboxylic acids is 1. The molecular weight excluding hydrogens is 309 g/mol. The predicted molar refractivity (Wildman–Crippen MR) is 87.8 cm³/mol. The summed E-state index contributed by atoms with van der Waals surface area (Å²) in [7, 11) is 1.49. The molecule has 0 atom stereocenters. The Morgan fingerprint density at radius 2 is 1.88 bits per heavy atom. The summed E-state index contributed by atoms with van der Waals surface area (Å²) in [5.74, 6) is 0.552. The molecule has 0 saturated carbocycles. The van der Waals surface area contributed by atoms with Crippen molar-refractivity contribution in [2.75, 3.05) is 11.9 Å². The third-order valence-electron chi connectivity index (χ3n) is 3.60. The molecule has 0 aliphatic carbocycles. The number of rotatable bonds is 3. The maximum Gasteiger partial charge on any atom is 0.259 e. The first-order valence-corrected chi connectivity index (χ1v) is 7.36. The van der Waals surface area contributed by atoms with Crippen LogP contribution < -0.4 is 4.90 Å². The highest BCUT2D eigenvalue weighted by Crippen LogP contribution is 2.18. The highest BCUT2D eigenvalue weighted by Gasteiger charge is 2.18. The number of nitrogens with zero attached hydrogens (tertiary/aromatic N) is 5. The van der Waals surface area contributed by atoms with E-state index in [9.17, 15) is 9.18 Å². The van der Waals surface area contributed by atoms with E-state index in [1.807, 2.05) is 13.8 Å². The van der Waals surface area contributed by atoms with Crippen LogP contribution in [0, 0.1) is 19.7 Å². The Bertz CT molecular complexity index is 888. The number of amides is 1. The maximum absolute atomic E-state index is 13.8. The van der Waals surface area contributed by atoms with Gasteiger partial charge in [-0.05, 0) is 50.2 Å². The molecule has 1 aromatic carbocycles. The molecule has 0 N–H and O–H groups in total. The van der Waals surface area contributed by atoms with Crippen molar-refractivity contribution in [3.8, 4) is 5.69 Å². The Balaban J connectivity index is 1.87. The lowest BCUT2D eigenvalue weighted by Gasteiger charge is -2.16. The number of hydrogen-bond acceptors (Lipinski definition) is 4. The average molecular weight is 325 g/mol. The molecule has 0 aliphatic rings. The zero-order valence-electron chi connectivity index (χ0n) is 13.6. The lowest BCUT2D eigenvalue weighted by molar-refractivity contribution is 0.0991. The number of aromatic nitrogens is 4. The van der Waals surface area contributed by atoms with Crippen LogP contribution in [0.3, 0.4) is 0 Å². The minimum Gasteiger partial charge on any atom is -0.293 e. The highest BCUT2D eigenvalue weighted by atomic mass is 19.1. The Kier molecular flexibility index (Phi) is 4.07. The zero-order valence-corrected chi connectivity index (χ0v) is 13.6. The molecule has 0 fully saturated rings. The number of halogens is 1. The lowest BCUT2D eigenvalue weighted by atomic mass is 10.2. The van der Waals surface area contributed by atoms with Crippen molar-refractivity contribution in [3.05, 3.63) is 65.6 Å². The summed E-state index contributed by atoms with van der Waals surface area (Å²) in [4.78, 5) is 21.9. The number of benzene rings is 1. The summed E-state index contributed by atoms with van der Waals surface area (Å²) in [6.07, 6.45) is 1.45. The average Bonchev–Trinajstić information content (AvgIpc) is 2.92. The monoisotopic (exact) mass is 325 g/mol. The zero-order chi connectivity index (χ0) is 17.3. The molecule has 2 aromatic heterocycles. The highest BCUT2D eigenvalue weighted by molar-refractivity contribution is 6.05. The van der Waals surface area contributed by atoms with Gasteiger partial charge in [-0.25, -0.2) is 19.0 Å². The largest absolute Gasteiger partial charge is 0.293 e. The Morgan fingerprint density at radius 1 is 1.17 bits per heavy atom. The van der Waals surface area contributed by atoms with Crippen molar-refractivity contribution in [3.63, 3.8) is 0 Å². The molecule has 0 bridgehead atoms. The van der Waals surface area contributed by atoms with Gasteiger partial charge in [-0.2, -0.15) is 5.10 Å². The number of anilines is 1. The number of carbonyl (C=O) groups is 1. The van der Waals surface area contributed by atoms with E-state index in [4.69, 9.17) is 0 Å². The molecule has 0 radical (unpaired) electrons. The van der Waals surface area contributed by atoms with Gasteiger partial charge in [0.2, 0.25) is 0 Å². The van der Waals surface area contributed by atoms with Crippen LogP contribution in [-0.4, -0.2) is 32.7 Å². The van der Waals surface area contributed by atoms with Crippen molar-refractivity contribution in [1.29, 1.82) is 0 Å². The molecule has 1 amide bonds. The molecule has 0 saturated heterocycles. The fraction of sp³-hybridized carbons (Fsp3) is 0.176. The normalized spacial score (nSPS) is 10.7. The fourth-order valence-electron chi connectivity index (χ4n) is 2.42. The van der Waals surface area contributed by atoms with Crippen LogP contribution >= 0.6 is 0 Å². The topological polar surface area (TPSA) is 63.9 Å². The van der Waals surface area contributed by atoms with Crippen LogP contribution in [-0.2, 0) is 0 Å². The standard InChI is InChI=1S/C17H16FN5O/c1-11-20-12(2)23(21-11)14-8-6-13(7-9-14)17(24)22(3)16-15(18)5-4-10-19-16/h4-10H,1-3H3. The molecular formula is C17H16FN5O. The first-order chi connectivity index (χ1) is 11.5. The van der Waals surface area contributed by atoms with Crippen molar-refractivity contribution >= 4 is 11.7 Å². The molecule has 3 aromatic rings. The maximum atomic E-state index is 13.8. The molecule has 0 spiro atoms. The summed E-state index contributed by atoms with van der Waals surface area (Å²) in [5, 5.41) is 4.30. The second kappa shape index (κ2) is 6.19. The quantitative estimate of drug-likeness (QED) is 0.743. The number of hydrogen-bond donors (Lipinski definition) is 0. The van der Waals surface area contributed by atoms with Crippen LogP contribution in [0.2, 0.25) is 0 Å². The van der Waals surface area contributed by atoms with E-state index in [1.54, 1.807) is 28.9 Å². The molecule has 7 heteroatoms. The van der Waals surface area contributed by atoms with E-state index in [-0.39, 0.29) is 11.7 Å². The minimum atomic E-state index is -0.543. The molecule has 0 unspecified atom stereocenters. The van der Waals surface area contributed by atoms with Crippen molar-refractivity contribution in [2.24, 2.45) is 0 Å². The third-order valence-corrected chi connectivity index (χ3v) is 3.60. The van der Waals surface area contributed by atoms with Gasteiger partial charge < -0.3 is 0 Å². The van der Waals surface area contributed by atoms with Gasteiger partial charge in [-0.1, -0.05) is 0 Å². The first-order valence-electron chi connectivity index (χ1n) is 7.36. The van der Waals surface area contributed by atoms with Crippen LogP contribution in [0.15, 0.2) is 42.6 Å². The van der Waals surface area contributed by atoms with Crippen LogP contribution in [0.25, 0.3) is 5.69 Å². The first kappa shape index (κ1) is 15.8. The van der Waals surface area contributed by atoms with Crippen LogP contribution in [0.1, 0.15) is 22.0 Å². The lowest BCUT2D eigenvalue weighted by Crippen LogP contribution is -2.28. The summed E-state index contributed by atoms with van der Waals surface area (Å²) < 4.78 is 15.5. The molecule has 0 aliphatic heterocycles. The van der Waals surface area contributed by atoms with E-state index in [1.165, 1.54) is 30.3 Å². The Hall–Kier alpha value is -3.09. The van der Waals surface area contributed by atoms with Crippen molar-refractivity contribution in [2.45, 2.75) is 13.8 Å². The van der Waals surface area contributed by atoms with Gasteiger partial charge in [0.15, 0.2) is 11.6 Å². The van der Waals surface area contributed by atoms with Crippen LogP contribution in [0.5, 0.6) is 0 Å². The second-order valence-electron chi connectivity index (χ2n) is 5.34. The van der Waals surface area contributed by atoms with E-state index >= 15 is 0 Å². The van der Waals surface area contributed by atoms with E-state index in [0.29, 0.717) is 11.4 Å². The smallest absolute Gasteiger partial charge is 0.259 e. The predicted octanol–water partition coefficient (Wildman–Crippen LogP) is 2.69. The Labute approximate surface area is 138 Å². The van der Waals surface area contributed by atoms with E-state index in [2.05, 4.69) is 15.1 Å².